The van der Waals surface area contributed by atoms with Crippen molar-refractivity contribution in [1.29, 1.82) is 0 Å². The third-order valence-electron chi connectivity index (χ3n) is 4.81. The molecule has 7 heteroatoms. The molecule has 0 aliphatic carbocycles. The van der Waals surface area contributed by atoms with Gasteiger partial charge in [-0.2, -0.15) is 4.31 Å². The lowest BCUT2D eigenvalue weighted by Crippen LogP contribution is -2.48. The van der Waals surface area contributed by atoms with Gasteiger partial charge in [0.1, 0.15) is 5.76 Å². The third kappa shape index (κ3) is 3.79. The molecule has 1 aromatic rings. The molecule has 2 saturated heterocycles. The fourth-order valence-electron chi connectivity index (χ4n) is 3.30. The van der Waals surface area contributed by atoms with Crippen LogP contribution in [0.15, 0.2) is 21.6 Å². The smallest absolute Gasteiger partial charge is 0.276 e. The lowest BCUT2D eigenvalue weighted by molar-refractivity contribution is 0.0980. The van der Waals surface area contributed by atoms with Gasteiger partial charge in [0, 0.05) is 45.3 Å². The van der Waals surface area contributed by atoms with Crippen LogP contribution >= 0.6 is 0 Å². The molecule has 2 fully saturated rings. The van der Waals surface area contributed by atoms with Crippen LogP contribution in [0.5, 0.6) is 0 Å². The van der Waals surface area contributed by atoms with E-state index in [9.17, 15) is 8.42 Å². The van der Waals surface area contributed by atoms with Gasteiger partial charge < -0.3 is 4.42 Å². The van der Waals surface area contributed by atoms with Gasteiger partial charge in [-0.05, 0) is 38.8 Å². The van der Waals surface area contributed by atoms with Gasteiger partial charge in [-0.3, -0.25) is 9.80 Å². The summed E-state index contributed by atoms with van der Waals surface area (Å²) in [6.07, 6.45) is 1.87. The topological polar surface area (TPSA) is 57.0 Å². The maximum atomic E-state index is 12.5. The van der Waals surface area contributed by atoms with Gasteiger partial charge >= 0.3 is 0 Å². The van der Waals surface area contributed by atoms with E-state index in [0.717, 1.165) is 44.8 Å². The van der Waals surface area contributed by atoms with E-state index in [4.69, 9.17) is 4.42 Å². The Bertz CT molecular complexity index is 612. The minimum atomic E-state index is -3.44. The fourth-order valence-corrected chi connectivity index (χ4v) is 4.74. The zero-order valence-corrected chi connectivity index (χ0v) is 14.9. The van der Waals surface area contributed by atoms with E-state index in [0.29, 0.717) is 25.7 Å². The SMILES string of the molecule is CC(C)N1CCN(Cc2ccc(S(=O)(=O)N3CCCC3)o2)CC1. The molecule has 2 aliphatic heterocycles. The average Bonchev–Trinajstić information content (AvgIpc) is 3.19. The van der Waals surface area contributed by atoms with E-state index in [1.807, 2.05) is 0 Å². The van der Waals surface area contributed by atoms with Gasteiger partial charge in [0.15, 0.2) is 0 Å². The van der Waals surface area contributed by atoms with Gasteiger partial charge in [0.25, 0.3) is 10.0 Å². The number of hydrogen-bond acceptors (Lipinski definition) is 5. The quantitative estimate of drug-likeness (QED) is 0.814. The zero-order valence-electron chi connectivity index (χ0n) is 14.1. The Morgan fingerprint density at radius 2 is 1.70 bits per heavy atom. The molecule has 0 amide bonds. The molecule has 0 N–H and O–H groups in total. The van der Waals surface area contributed by atoms with Crippen LogP contribution in [0.3, 0.4) is 0 Å². The summed E-state index contributed by atoms with van der Waals surface area (Å²) in [5.41, 5.74) is 0. The fraction of sp³-hybridized carbons (Fsp3) is 0.750. The first-order valence-electron chi connectivity index (χ1n) is 8.52. The standard InChI is InChI=1S/C16H27N3O3S/c1-14(2)18-11-9-17(10-12-18)13-15-5-6-16(22-15)23(20,21)19-7-3-4-8-19/h5-6,14H,3-4,7-13H2,1-2H3. The van der Waals surface area contributed by atoms with Gasteiger partial charge in [0.2, 0.25) is 5.09 Å². The second kappa shape index (κ2) is 6.93. The maximum Gasteiger partial charge on any atom is 0.276 e. The summed E-state index contributed by atoms with van der Waals surface area (Å²) in [6, 6.07) is 3.99. The molecule has 0 radical (unpaired) electrons. The van der Waals surface area contributed by atoms with Crippen LogP contribution in [-0.4, -0.2) is 67.8 Å². The summed E-state index contributed by atoms with van der Waals surface area (Å²) >= 11 is 0. The molecule has 3 rings (SSSR count). The number of furan rings is 1. The lowest BCUT2D eigenvalue weighted by atomic mass is 10.2. The van der Waals surface area contributed by atoms with E-state index >= 15 is 0 Å². The molecule has 23 heavy (non-hydrogen) atoms. The van der Waals surface area contributed by atoms with Crippen LogP contribution in [0, 0.1) is 0 Å². The highest BCUT2D eigenvalue weighted by atomic mass is 32.2. The Labute approximate surface area is 139 Å². The highest BCUT2D eigenvalue weighted by Gasteiger charge is 2.30. The molecule has 0 saturated carbocycles. The highest BCUT2D eigenvalue weighted by Crippen LogP contribution is 2.23. The second-order valence-corrected chi connectivity index (χ2v) is 8.61. The predicted octanol–water partition coefficient (Wildman–Crippen LogP) is 1.59. The summed E-state index contributed by atoms with van der Waals surface area (Å²) in [6.45, 7) is 10.4. The van der Waals surface area contributed by atoms with Crippen molar-refractivity contribution in [2.75, 3.05) is 39.3 Å². The molecule has 0 atom stereocenters. The first kappa shape index (κ1) is 17.0. The Kier molecular flexibility index (Phi) is 5.10. The highest BCUT2D eigenvalue weighted by molar-refractivity contribution is 7.89. The van der Waals surface area contributed by atoms with Crippen LogP contribution in [-0.2, 0) is 16.6 Å². The Morgan fingerprint density at radius 1 is 1.04 bits per heavy atom. The molecule has 0 unspecified atom stereocenters. The molecular formula is C16H27N3O3S. The Balaban J connectivity index is 1.60. The first-order valence-corrected chi connectivity index (χ1v) is 9.96. The average molecular weight is 341 g/mol. The van der Waals surface area contributed by atoms with Gasteiger partial charge in [-0.25, -0.2) is 8.42 Å². The van der Waals surface area contributed by atoms with Crippen molar-refractivity contribution in [3.05, 3.63) is 17.9 Å². The Morgan fingerprint density at radius 3 is 2.30 bits per heavy atom. The van der Waals surface area contributed by atoms with Gasteiger partial charge in [-0.1, -0.05) is 0 Å². The minimum absolute atomic E-state index is 0.0928. The van der Waals surface area contributed by atoms with E-state index in [1.165, 1.54) is 4.31 Å². The predicted molar refractivity (Wildman–Crippen MR) is 88.7 cm³/mol. The molecular weight excluding hydrogens is 314 g/mol. The number of rotatable bonds is 5. The van der Waals surface area contributed by atoms with Crippen molar-refractivity contribution in [2.24, 2.45) is 0 Å². The molecule has 2 aliphatic rings. The summed E-state index contributed by atoms with van der Waals surface area (Å²) in [5, 5.41) is 0.0928. The molecule has 1 aromatic heterocycles. The van der Waals surface area contributed by atoms with Gasteiger partial charge in [-0.15, -0.1) is 0 Å². The van der Waals surface area contributed by atoms with Crippen molar-refractivity contribution in [3.8, 4) is 0 Å². The molecule has 3 heterocycles. The minimum Gasteiger partial charge on any atom is -0.447 e. The van der Waals surface area contributed by atoms with Gasteiger partial charge in [0.05, 0.1) is 6.54 Å². The number of sulfonamides is 1. The summed E-state index contributed by atoms with van der Waals surface area (Å²) in [7, 11) is -3.44. The maximum absolute atomic E-state index is 12.5. The normalized spacial score (nSPS) is 22.2. The lowest BCUT2D eigenvalue weighted by Gasteiger charge is -2.36. The first-order chi connectivity index (χ1) is 11.0. The van der Waals surface area contributed by atoms with Crippen molar-refractivity contribution in [3.63, 3.8) is 0 Å². The molecule has 0 aromatic carbocycles. The van der Waals surface area contributed by atoms with Crippen molar-refractivity contribution in [1.82, 2.24) is 14.1 Å². The molecule has 0 spiro atoms. The van der Waals surface area contributed by atoms with Crippen LogP contribution in [0.1, 0.15) is 32.4 Å². The number of piperazine rings is 1. The molecule has 0 bridgehead atoms. The monoisotopic (exact) mass is 341 g/mol. The second-order valence-electron chi connectivity index (χ2n) is 6.74. The molecule has 130 valence electrons. The summed E-state index contributed by atoms with van der Waals surface area (Å²) < 4.78 is 32.1. The third-order valence-corrected chi connectivity index (χ3v) is 6.59. The summed E-state index contributed by atoms with van der Waals surface area (Å²) in [4.78, 5) is 4.78. The number of hydrogen-bond donors (Lipinski definition) is 0. The molecule has 6 nitrogen and oxygen atoms in total. The van der Waals surface area contributed by atoms with E-state index in [-0.39, 0.29) is 5.09 Å². The van der Waals surface area contributed by atoms with Crippen LogP contribution < -0.4 is 0 Å². The van der Waals surface area contributed by atoms with Crippen LogP contribution in [0.25, 0.3) is 0 Å². The van der Waals surface area contributed by atoms with Crippen molar-refractivity contribution < 1.29 is 12.8 Å². The van der Waals surface area contributed by atoms with E-state index in [2.05, 4.69) is 23.6 Å². The van der Waals surface area contributed by atoms with E-state index in [1.54, 1.807) is 12.1 Å². The Hall–Kier alpha value is -0.890. The van der Waals surface area contributed by atoms with Crippen molar-refractivity contribution >= 4 is 10.0 Å². The van der Waals surface area contributed by atoms with Crippen molar-refractivity contribution in [2.45, 2.75) is 44.4 Å². The summed E-state index contributed by atoms with van der Waals surface area (Å²) in [5.74, 6) is 0.737. The van der Waals surface area contributed by atoms with Crippen LogP contribution in [0.4, 0.5) is 0 Å². The van der Waals surface area contributed by atoms with E-state index < -0.39 is 10.0 Å². The van der Waals surface area contributed by atoms with Crippen LogP contribution in [0.2, 0.25) is 0 Å². The number of nitrogens with zero attached hydrogens (tertiary/aromatic N) is 3. The zero-order chi connectivity index (χ0) is 16.4. The largest absolute Gasteiger partial charge is 0.447 e.